The molecule has 1 rings (SSSR count). The van der Waals surface area contributed by atoms with Gasteiger partial charge in [0.05, 0.1) is 6.61 Å². The van der Waals surface area contributed by atoms with E-state index in [2.05, 4.69) is 6.07 Å². The van der Waals surface area contributed by atoms with Gasteiger partial charge < -0.3 is 4.74 Å². The van der Waals surface area contributed by atoms with Crippen LogP contribution in [0.2, 0.25) is 5.02 Å². The second-order valence-electron chi connectivity index (χ2n) is 2.83. The van der Waals surface area contributed by atoms with Crippen molar-refractivity contribution in [3.05, 3.63) is 34.3 Å². The van der Waals surface area contributed by atoms with Crippen molar-refractivity contribution in [2.24, 2.45) is 0 Å². The summed E-state index contributed by atoms with van der Waals surface area (Å²) in [7, 11) is 1.71. The van der Waals surface area contributed by atoms with Gasteiger partial charge in [0.2, 0.25) is 0 Å². The maximum absolute atomic E-state index is 5.88. The summed E-state index contributed by atoms with van der Waals surface area (Å²) >= 11 is 5.88. The average Bonchev–Trinajstić information content (AvgIpc) is 2.07. The normalized spacial score (nSPS) is 10.2. The first-order chi connectivity index (χ1) is 5.74. The van der Waals surface area contributed by atoms with E-state index in [-0.39, 0.29) is 0 Å². The Hall–Kier alpha value is -0.530. The average molecular weight is 185 g/mol. The van der Waals surface area contributed by atoms with Crippen LogP contribution in [0.25, 0.3) is 0 Å². The first-order valence-electron chi connectivity index (χ1n) is 3.98. The molecule has 0 aliphatic rings. The summed E-state index contributed by atoms with van der Waals surface area (Å²) in [5.74, 6) is 0. The molecule has 0 saturated carbocycles. The van der Waals surface area contributed by atoms with Gasteiger partial charge in [0.15, 0.2) is 0 Å². The molecule has 0 aliphatic heterocycles. The molecule has 1 aromatic carbocycles. The summed E-state index contributed by atoms with van der Waals surface area (Å²) in [5.41, 5.74) is 2.41. The Labute approximate surface area is 78.3 Å². The SMILES string of the molecule is COCCc1ccc(Cl)c(C)c1. The van der Waals surface area contributed by atoms with E-state index in [9.17, 15) is 0 Å². The van der Waals surface area contributed by atoms with Crippen molar-refractivity contribution in [2.75, 3.05) is 13.7 Å². The van der Waals surface area contributed by atoms with Crippen molar-refractivity contribution >= 4 is 11.6 Å². The Bertz CT molecular complexity index is 258. The van der Waals surface area contributed by atoms with E-state index in [0.717, 1.165) is 23.6 Å². The van der Waals surface area contributed by atoms with Crippen LogP contribution < -0.4 is 0 Å². The fraction of sp³-hybridized carbons (Fsp3) is 0.400. The molecule has 0 amide bonds. The van der Waals surface area contributed by atoms with Crippen LogP contribution in [0.3, 0.4) is 0 Å². The Morgan fingerprint density at radius 3 is 2.75 bits per heavy atom. The molecule has 0 bridgehead atoms. The lowest BCUT2D eigenvalue weighted by Crippen LogP contribution is -1.94. The van der Waals surface area contributed by atoms with Crippen LogP contribution in [0.5, 0.6) is 0 Å². The van der Waals surface area contributed by atoms with Crippen LogP contribution in [0.15, 0.2) is 18.2 Å². The van der Waals surface area contributed by atoms with Gasteiger partial charge in [0.1, 0.15) is 0 Å². The Balaban J connectivity index is 2.69. The van der Waals surface area contributed by atoms with Gasteiger partial charge in [-0.15, -0.1) is 0 Å². The van der Waals surface area contributed by atoms with Crippen LogP contribution in [0, 0.1) is 6.92 Å². The first kappa shape index (κ1) is 9.56. The predicted molar refractivity (Wildman–Crippen MR) is 51.8 cm³/mol. The van der Waals surface area contributed by atoms with Gasteiger partial charge in [0, 0.05) is 12.1 Å². The molecular weight excluding hydrogens is 172 g/mol. The van der Waals surface area contributed by atoms with Crippen molar-refractivity contribution < 1.29 is 4.74 Å². The van der Waals surface area contributed by atoms with Crippen molar-refractivity contribution in [1.29, 1.82) is 0 Å². The van der Waals surface area contributed by atoms with Crippen LogP contribution in [-0.4, -0.2) is 13.7 Å². The predicted octanol–water partition coefficient (Wildman–Crippen LogP) is 2.84. The molecule has 1 aromatic rings. The topological polar surface area (TPSA) is 9.23 Å². The number of ether oxygens (including phenoxy) is 1. The molecule has 2 heteroatoms. The molecule has 0 atom stereocenters. The second-order valence-corrected chi connectivity index (χ2v) is 3.23. The highest BCUT2D eigenvalue weighted by Crippen LogP contribution is 2.16. The number of halogens is 1. The standard InChI is InChI=1S/C10H13ClO/c1-8-7-9(5-6-12-2)3-4-10(8)11/h3-4,7H,5-6H2,1-2H3. The quantitative estimate of drug-likeness (QED) is 0.702. The minimum Gasteiger partial charge on any atom is -0.384 e. The molecule has 0 unspecified atom stereocenters. The molecule has 0 heterocycles. The molecule has 0 aliphatic carbocycles. The summed E-state index contributed by atoms with van der Waals surface area (Å²) < 4.78 is 4.98. The summed E-state index contributed by atoms with van der Waals surface area (Å²) in [5, 5.41) is 0.830. The summed E-state index contributed by atoms with van der Waals surface area (Å²) in [6, 6.07) is 6.07. The van der Waals surface area contributed by atoms with Gasteiger partial charge in [0.25, 0.3) is 0 Å². The van der Waals surface area contributed by atoms with Crippen molar-refractivity contribution in [3.63, 3.8) is 0 Å². The van der Waals surface area contributed by atoms with Crippen LogP contribution in [-0.2, 0) is 11.2 Å². The maximum atomic E-state index is 5.88. The van der Waals surface area contributed by atoms with Crippen LogP contribution in [0.1, 0.15) is 11.1 Å². The smallest absolute Gasteiger partial charge is 0.0502 e. The minimum absolute atomic E-state index is 0.765. The fourth-order valence-electron chi connectivity index (χ4n) is 1.08. The molecule has 66 valence electrons. The van der Waals surface area contributed by atoms with Crippen molar-refractivity contribution in [1.82, 2.24) is 0 Å². The lowest BCUT2D eigenvalue weighted by atomic mass is 10.1. The number of rotatable bonds is 3. The highest BCUT2D eigenvalue weighted by atomic mass is 35.5. The Morgan fingerprint density at radius 2 is 2.17 bits per heavy atom. The zero-order valence-electron chi connectivity index (χ0n) is 7.43. The van der Waals surface area contributed by atoms with Gasteiger partial charge in [-0.1, -0.05) is 23.7 Å². The number of benzene rings is 1. The first-order valence-corrected chi connectivity index (χ1v) is 4.36. The summed E-state index contributed by atoms with van der Waals surface area (Å²) in [6.07, 6.45) is 0.953. The van der Waals surface area contributed by atoms with E-state index in [1.54, 1.807) is 7.11 Å². The van der Waals surface area contributed by atoms with E-state index in [1.165, 1.54) is 5.56 Å². The summed E-state index contributed by atoms with van der Waals surface area (Å²) in [6.45, 7) is 2.78. The lowest BCUT2D eigenvalue weighted by molar-refractivity contribution is 0.202. The van der Waals surface area contributed by atoms with E-state index in [1.807, 2.05) is 19.1 Å². The molecule has 1 nitrogen and oxygen atoms in total. The molecule has 12 heavy (non-hydrogen) atoms. The molecule has 0 radical (unpaired) electrons. The maximum Gasteiger partial charge on any atom is 0.0502 e. The van der Waals surface area contributed by atoms with Gasteiger partial charge in [-0.25, -0.2) is 0 Å². The lowest BCUT2D eigenvalue weighted by Gasteiger charge is -2.02. The van der Waals surface area contributed by atoms with E-state index >= 15 is 0 Å². The fourth-order valence-corrected chi connectivity index (χ4v) is 1.20. The van der Waals surface area contributed by atoms with Crippen LogP contribution in [0.4, 0.5) is 0 Å². The van der Waals surface area contributed by atoms with Crippen molar-refractivity contribution in [3.8, 4) is 0 Å². The molecule has 0 fully saturated rings. The monoisotopic (exact) mass is 184 g/mol. The second kappa shape index (κ2) is 4.48. The number of hydrogen-bond donors (Lipinski definition) is 0. The number of hydrogen-bond acceptors (Lipinski definition) is 1. The van der Waals surface area contributed by atoms with Crippen molar-refractivity contribution in [2.45, 2.75) is 13.3 Å². The van der Waals surface area contributed by atoms with E-state index < -0.39 is 0 Å². The Kier molecular flexibility index (Phi) is 3.57. The third-order valence-electron chi connectivity index (χ3n) is 1.82. The zero-order valence-corrected chi connectivity index (χ0v) is 8.19. The largest absolute Gasteiger partial charge is 0.384 e. The Morgan fingerprint density at radius 1 is 1.42 bits per heavy atom. The van der Waals surface area contributed by atoms with Gasteiger partial charge in [-0.2, -0.15) is 0 Å². The molecular formula is C10H13ClO. The van der Waals surface area contributed by atoms with Gasteiger partial charge >= 0.3 is 0 Å². The molecule has 0 aromatic heterocycles. The third kappa shape index (κ3) is 2.50. The van der Waals surface area contributed by atoms with E-state index in [4.69, 9.17) is 16.3 Å². The highest BCUT2D eigenvalue weighted by molar-refractivity contribution is 6.31. The third-order valence-corrected chi connectivity index (χ3v) is 2.24. The minimum atomic E-state index is 0.765. The molecule has 0 saturated heterocycles. The van der Waals surface area contributed by atoms with Crippen LogP contribution >= 0.6 is 11.6 Å². The molecule has 0 spiro atoms. The highest BCUT2D eigenvalue weighted by Gasteiger charge is 1.96. The number of aryl methyl sites for hydroxylation is 1. The molecule has 0 N–H and O–H groups in total. The van der Waals surface area contributed by atoms with E-state index in [0.29, 0.717) is 0 Å². The number of methoxy groups -OCH3 is 1. The van der Waals surface area contributed by atoms with Gasteiger partial charge in [-0.05, 0) is 30.5 Å². The summed E-state index contributed by atoms with van der Waals surface area (Å²) in [4.78, 5) is 0. The van der Waals surface area contributed by atoms with Gasteiger partial charge in [-0.3, -0.25) is 0 Å². The zero-order chi connectivity index (χ0) is 8.97.